The van der Waals surface area contributed by atoms with Gasteiger partial charge in [-0.3, -0.25) is 4.90 Å². The summed E-state index contributed by atoms with van der Waals surface area (Å²) in [6.07, 6.45) is 3.08. The van der Waals surface area contributed by atoms with Gasteiger partial charge in [-0.1, -0.05) is 0 Å². The first kappa shape index (κ1) is 16.2. The Labute approximate surface area is 117 Å². The van der Waals surface area contributed by atoms with Crippen LogP contribution in [0.1, 0.15) is 33.1 Å². The summed E-state index contributed by atoms with van der Waals surface area (Å²) in [4.78, 5) is 18.0. The predicted octanol–water partition coefficient (Wildman–Crippen LogP) is 1.23. The van der Waals surface area contributed by atoms with Gasteiger partial charge in [0, 0.05) is 45.9 Å². The number of hydrogen-bond acceptors (Lipinski definition) is 3. The van der Waals surface area contributed by atoms with Gasteiger partial charge in [0.2, 0.25) is 0 Å². The molecule has 0 saturated carbocycles. The molecule has 0 radical (unpaired) electrons. The number of rotatable bonds is 5. The Morgan fingerprint density at radius 3 is 2.42 bits per heavy atom. The zero-order chi connectivity index (χ0) is 14.5. The second-order valence-electron chi connectivity index (χ2n) is 6.18. The topological polar surface area (TPSA) is 47.0 Å². The van der Waals surface area contributed by atoms with Crippen LogP contribution in [-0.2, 0) is 0 Å². The van der Waals surface area contributed by atoms with Crippen molar-refractivity contribution in [1.29, 1.82) is 0 Å². The van der Waals surface area contributed by atoms with Gasteiger partial charge in [0.25, 0.3) is 0 Å². The fourth-order valence-electron chi connectivity index (χ4n) is 2.64. The molecule has 112 valence electrons. The lowest BCUT2D eigenvalue weighted by atomic mass is 9.98. The van der Waals surface area contributed by atoms with Crippen molar-refractivity contribution in [3.8, 4) is 0 Å². The van der Waals surface area contributed by atoms with E-state index >= 15 is 0 Å². The number of hydrogen-bond donors (Lipinski definition) is 1. The van der Waals surface area contributed by atoms with Gasteiger partial charge in [0.15, 0.2) is 0 Å². The quantitative estimate of drug-likeness (QED) is 0.765. The smallest absolute Gasteiger partial charge is 0.319 e. The minimum Gasteiger partial charge on any atom is -0.396 e. The molecule has 5 nitrogen and oxygen atoms in total. The first-order chi connectivity index (χ1) is 8.88. The average Bonchev–Trinajstić information content (AvgIpc) is 2.34. The van der Waals surface area contributed by atoms with Gasteiger partial charge in [0.1, 0.15) is 0 Å². The lowest BCUT2D eigenvalue weighted by Gasteiger charge is -2.47. The van der Waals surface area contributed by atoms with E-state index in [4.69, 9.17) is 5.11 Å². The van der Waals surface area contributed by atoms with Gasteiger partial charge >= 0.3 is 6.03 Å². The van der Waals surface area contributed by atoms with E-state index in [-0.39, 0.29) is 18.2 Å². The highest BCUT2D eigenvalue weighted by Gasteiger charge is 2.35. The standard InChI is InChI=1S/C14H29N3O2/c1-14(2)12-16(13(19)15(3)4)9-10-17(14)8-6-5-7-11-18/h18H,5-12H2,1-4H3. The minimum atomic E-state index is 0.0309. The molecule has 5 heteroatoms. The van der Waals surface area contributed by atoms with E-state index in [2.05, 4.69) is 18.7 Å². The van der Waals surface area contributed by atoms with Gasteiger partial charge in [-0.25, -0.2) is 4.79 Å². The Balaban J connectivity index is 2.46. The molecule has 1 heterocycles. The van der Waals surface area contributed by atoms with Crippen molar-refractivity contribution in [2.75, 3.05) is 46.9 Å². The van der Waals surface area contributed by atoms with Crippen molar-refractivity contribution < 1.29 is 9.90 Å². The first-order valence-corrected chi connectivity index (χ1v) is 7.20. The Hall–Kier alpha value is -0.810. The van der Waals surface area contributed by atoms with Crippen LogP contribution in [0, 0.1) is 0 Å². The number of carbonyl (C=O) groups is 1. The molecule has 1 rings (SSSR count). The van der Waals surface area contributed by atoms with Crippen molar-refractivity contribution in [3.63, 3.8) is 0 Å². The van der Waals surface area contributed by atoms with Crippen LogP contribution in [0.2, 0.25) is 0 Å². The molecule has 2 amide bonds. The number of unbranched alkanes of at least 4 members (excludes halogenated alkanes) is 2. The average molecular weight is 271 g/mol. The van der Waals surface area contributed by atoms with Crippen molar-refractivity contribution in [3.05, 3.63) is 0 Å². The molecule has 19 heavy (non-hydrogen) atoms. The number of amides is 2. The highest BCUT2D eigenvalue weighted by molar-refractivity contribution is 5.74. The van der Waals surface area contributed by atoms with Crippen LogP contribution in [-0.4, -0.2) is 78.3 Å². The van der Waals surface area contributed by atoms with Crippen LogP contribution in [0.15, 0.2) is 0 Å². The highest BCUT2D eigenvalue weighted by atomic mass is 16.2. The second-order valence-corrected chi connectivity index (χ2v) is 6.18. The first-order valence-electron chi connectivity index (χ1n) is 7.20. The minimum absolute atomic E-state index is 0.0309. The van der Waals surface area contributed by atoms with Gasteiger partial charge in [-0.15, -0.1) is 0 Å². The molecule has 0 aliphatic carbocycles. The summed E-state index contributed by atoms with van der Waals surface area (Å²) in [6, 6.07) is 0.105. The molecule has 1 saturated heterocycles. The van der Waals surface area contributed by atoms with Gasteiger partial charge in [-0.05, 0) is 39.7 Å². The van der Waals surface area contributed by atoms with Crippen LogP contribution in [0.25, 0.3) is 0 Å². The van der Waals surface area contributed by atoms with Crippen LogP contribution < -0.4 is 0 Å². The van der Waals surface area contributed by atoms with Crippen molar-refractivity contribution in [2.24, 2.45) is 0 Å². The Bertz CT molecular complexity index is 292. The molecule has 1 N–H and O–H groups in total. The molecule has 0 bridgehead atoms. The molecule has 0 aromatic heterocycles. The third kappa shape index (κ3) is 4.66. The van der Waals surface area contributed by atoms with E-state index < -0.39 is 0 Å². The molecule has 0 unspecified atom stereocenters. The Morgan fingerprint density at radius 2 is 1.89 bits per heavy atom. The molecule has 0 spiro atoms. The summed E-state index contributed by atoms with van der Waals surface area (Å²) < 4.78 is 0. The van der Waals surface area contributed by atoms with E-state index in [1.165, 1.54) is 0 Å². The highest BCUT2D eigenvalue weighted by Crippen LogP contribution is 2.22. The van der Waals surface area contributed by atoms with Gasteiger partial charge in [-0.2, -0.15) is 0 Å². The van der Waals surface area contributed by atoms with Crippen molar-refractivity contribution in [1.82, 2.24) is 14.7 Å². The number of urea groups is 1. The molecule has 1 fully saturated rings. The van der Waals surface area contributed by atoms with Crippen LogP contribution in [0.5, 0.6) is 0 Å². The maximum absolute atomic E-state index is 12.0. The molecule has 1 aliphatic heterocycles. The van der Waals surface area contributed by atoms with Crippen molar-refractivity contribution in [2.45, 2.75) is 38.6 Å². The van der Waals surface area contributed by atoms with Crippen LogP contribution in [0.3, 0.4) is 0 Å². The van der Waals surface area contributed by atoms with E-state index in [9.17, 15) is 4.79 Å². The number of aliphatic hydroxyl groups is 1. The van der Waals surface area contributed by atoms with Crippen molar-refractivity contribution >= 4 is 6.03 Å². The molecular weight excluding hydrogens is 242 g/mol. The largest absolute Gasteiger partial charge is 0.396 e. The monoisotopic (exact) mass is 271 g/mol. The fraction of sp³-hybridized carbons (Fsp3) is 0.929. The summed E-state index contributed by atoms with van der Waals surface area (Å²) in [6.45, 7) is 8.27. The SMILES string of the molecule is CN(C)C(=O)N1CCN(CCCCCO)C(C)(C)C1. The summed E-state index contributed by atoms with van der Waals surface area (Å²) in [5.41, 5.74) is 0.0309. The number of piperazine rings is 1. The summed E-state index contributed by atoms with van der Waals surface area (Å²) >= 11 is 0. The zero-order valence-corrected chi connectivity index (χ0v) is 12.9. The van der Waals surface area contributed by atoms with E-state index in [1.807, 2.05) is 4.90 Å². The zero-order valence-electron chi connectivity index (χ0n) is 12.9. The normalized spacial score (nSPS) is 19.5. The summed E-state index contributed by atoms with van der Waals surface area (Å²) in [7, 11) is 3.60. The number of carbonyl (C=O) groups excluding carboxylic acids is 1. The Kier molecular flexibility index (Phi) is 6.07. The van der Waals surface area contributed by atoms with Gasteiger partial charge in [0.05, 0.1) is 0 Å². The lowest BCUT2D eigenvalue weighted by Crippen LogP contribution is -2.61. The number of nitrogens with zero attached hydrogens (tertiary/aromatic N) is 3. The molecule has 0 atom stereocenters. The van der Waals surface area contributed by atoms with Gasteiger partial charge < -0.3 is 14.9 Å². The predicted molar refractivity (Wildman–Crippen MR) is 77.2 cm³/mol. The lowest BCUT2D eigenvalue weighted by molar-refractivity contribution is 0.0290. The molecule has 0 aromatic carbocycles. The molecule has 1 aliphatic rings. The second kappa shape index (κ2) is 7.10. The summed E-state index contributed by atoms with van der Waals surface area (Å²) in [5.74, 6) is 0. The fourth-order valence-corrected chi connectivity index (χ4v) is 2.64. The maximum atomic E-state index is 12.0. The summed E-state index contributed by atoms with van der Waals surface area (Å²) in [5, 5.41) is 8.79. The van der Waals surface area contributed by atoms with Crippen LogP contribution in [0.4, 0.5) is 4.79 Å². The maximum Gasteiger partial charge on any atom is 0.319 e. The Morgan fingerprint density at radius 1 is 1.21 bits per heavy atom. The van der Waals surface area contributed by atoms with E-state index in [1.54, 1.807) is 19.0 Å². The molecule has 0 aromatic rings. The third-order valence-corrected chi connectivity index (χ3v) is 3.81. The number of aliphatic hydroxyl groups excluding tert-OH is 1. The molecular formula is C14H29N3O2. The van der Waals surface area contributed by atoms with E-state index in [0.717, 1.165) is 45.4 Å². The van der Waals surface area contributed by atoms with E-state index in [0.29, 0.717) is 0 Å². The third-order valence-electron chi connectivity index (χ3n) is 3.81. The van der Waals surface area contributed by atoms with Crippen LogP contribution >= 0.6 is 0 Å².